The van der Waals surface area contributed by atoms with Crippen molar-refractivity contribution in [1.29, 1.82) is 0 Å². The molecule has 112 valence electrons. The van der Waals surface area contributed by atoms with Crippen LogP contribution in [0.3, 0.4) is 0 Å². The van der Waals surface area contributed by atoms with Crippen LogP contribution in [0, 0.1) is 0 Å². The van der Waals surface area contributed by atoms with Gasteiger partial charge in [0.05, 0.1) is 24.5 Å². The highest BCUT2D eigenvalue weighted by Crippen LogP contribution is 2.22. The van der Waals surface area contributed by atoms with Crippen LogP contribution in [-0.2, 0) is 0 Å². The Bertz CT molecular complexity index is 513. The highest BCUT2D eigenvalue weighted by Gasteiger charge is 2.14. The van der Waals surface area contributed by atoms with Crippen LogP contribution in [0.15, 0.2) is 42.9 Å². The molecule has 0 bridgehead atoms. The zero-order chi connectivity index (χ0) is 14.9. The number of ether oxygens (including phenoxy) is 1. The molecule has 0 radical (unpaired) electrons. The van der Waals surface area contributed by atoms with E-state index in [9.17, 15) is 0 Å². The number of nitrogens with zero attached hydrogens (tertiary/aromatic N) is 2. The van der Waals surface area contributed by atoms with Gasteiger partial charge in [-0.1, -0.05) is 26.0 Å². The maximum Gasteiger partial charge on any atom is 0.119 e. The van der Waals surface area contributed by atoms with Crippen LogP contribution in [0.25, 0.3) is 0 Å². The molecule has 4 nitrogen and oxygen atoms in total. The Labute approximate surface area is 126 Å². The summed E-state index contributed by atoms with van der Waals surface area (Å²) in [5.74, 6) is 0.911. The zero-order valence-electron chi connectivity index (χ0n) is 12.7. The van der Waals surface area contributed by atoms with Crippen molar-refractivity contribution >= 4 is 0 Å². The first kappa shape index (κ1) is 15.4. The monoisotopic (exact) mass is 285 g/mol. The highest BCUT2D eigenvalue weighted by molar-refractivity contribution is 5.32. The summed E-state index contributed by atoms with van der Waals surface area (Å²) in [6.07, 6.45) is 7.34. The second-order valence-corrected chi connectivity index (χ2v) is 4.93. The van der Waals surface area contributed by atoms with E-state index in [-0.39, 0.29) is 6.04 Å². The molecule has 21 heavy (non-hydrogen) atoms. The Morgan fingerprint density at radius 3 is 2.52 bits per heavy atom. The lowest BCUT2D eigenvalue weighted by atomic mass is 10.0. The molecule has 0 amide bonds. The molecule has 0 saturated carbocycles. The van der Waals surface area contributed by atoms with Crippen LogP contribution in [0.2, 0.25) is 0 Å². The second-order valence-electron chi connectivity index (χ2n) is 4.93. The van der Waals surface area contributed by atoms with E-state index in [1.165, 1.54) is 5.56 Å². The highest BCUT2D eigenvalue weighted by atomic mass is 16.5. The Hall–Kier alpha value is -1.94. The van der Waals surface area contributed by atoms with Gasteiger partial charge >= 0.3 is 0 Å². The number of rotatable bonds is 8. The third-order valence-corrected chi connectivity index (χ3v) is 3.16. The molecule has 1 aromatic heterocycles. The third-order valence-electron chi connectivity index (χ3n) is 3.16. The van der Waals surface area contributed by atoms with Crippen LogP contribution in [0.5, 0.6) is 5.75 Å². The van der Waals surface area contributed by atoms with E-state index in [1.807, 2.05) is 18.3 Å². The lowest BCUT2D eigenvalue weighted by Gasteiger charge is -2.18. The van der Waals surface area contributed by atoms with E-state index in [0.717, 1.165) is 37.4 Å². The molecule has 0 aliphatic heterocycles. The van der Waals surface area contributed by atoms with E-state index in [0.29, 0.717) is 0 Å². The fraction of sp³-hybridized carbons (Fsp3) is 0.412. The van der Waals surface area contributed by atoms with Gasteiger partial charge in [0, 0.05) is 12.4 Å². The minimum Gasteiger partial charge on any atom is -0.494 e. The Morgan fingerprint density at radius 1 is 1.10 bits per heavy atom. The van der Waals surface area contributed by atoms with Crippen molar-refractivity contribution in [2.24, 2.45) is 0 Å². The Balaban J connectivity index is 2.16. The zero-order valence-corrected chi connectivity index (χ0v) is 12.7. The van der Waals surface area contributed by atoms with Gasteiger partial charge in [-0.15, -0.1) is 0 Å². The van der Waals surface area contributed by atoms with Crippen molar-refractivity contribution in [3.63, 3.8) is 0 Å². The molecule has 0 aliphatic carbocycles. The summed E-state index contributed by atoms with van der Waals surface area (Å²) < 4.78 is 5.63. The van der Waals surface area contributed by atoms with Crippen LogP contribution in [0.1, 0.15) is 44.0 Å². The molecule has 2 aromatic rings. The number of hydrogen-bond acceptors (Lipinski definition) is 4. The smallest absolute Gasteiger partial charge is 0.119 e. The molecule has 1 aromatic carbocycles. The van der Waals surface area contributed by atoms with Crippen LogP contribution in [-0.4, -0.2) is 23.1 Å². The first-order valence-corrected chi connectivity index (χ1v) is 7.57. The summed E-state index contributed by atoms with van der Waals surface area (Å²) >= 11 is 0. The SMILES string of the molecule is CCCNC(c1ccc(OCCC)cc1)c1cnccn1. The quantitative estimate of drug-likeness (QED) is 0.808. The van der Waals surface area contributed by atoms with Gasteiger partial charge in [0.15, 0.2) is 0 Å². The predicted octanol–water partition coefficient (Wildman–Crippen LogP) is 3.35. The summed E-state index contributed by atoms with van der Waals surface area (Å²) in [5.41, 5.74) is 2.11. The number of aromatic nitrogens is 2. The van der Waals surface area contributed by atoms with Crippen molar-refractivity contribution in [3.05, 3.63) is 54.1 Å². The molecule has 0 saturated heterocycles. The van der Waals surface area contributed by atoms with Crippen molar-refractivity contribution in [3.8, 4) is 5.75 Å². The molecule has 4 heteroatoms. The van der Waals surface area contributed by atoms with E-state index in [4.69, 9.17) is 4.74 Å². The van der Waals surface area contributed by atoms with Gasteiger partial charge in [-0.3, -0.25) is 9.97 Å². The standard InChI is InChI=1S/C17H23N3O/c1-3-9-20-17(16-13-18-10-11-19-16)14-5-7-15(8-6-14)21-12-4-2/h5-8,10-11,13,17,20H,3-4,9,12H2,1-2H3. The minimum absolute atomic E-state index is 0.0684. The lowest BCUT2D eigenvalue weighted by Crippen LogP contribution is -2.24. The normalized spacial score (nSPS) is 12.1. The average Bonchev–Trinajstić information content (AvgIpc) is 2.55. The van der Waals surface area contributed by atoms with Crippen molar-refractivity contribution < 1.29 is 4.74 Å². The van der Waals surface area contributed by atoms with Gasteiger partial charge in [0.25, 0.3) is 0 Å². The number of nitrogens with one attached hydrogen (secondary N) is 1. The average molecular weight is 285 g/mol. The Morgan fingerprint density at radius 2 is 1.90 bits per heavy atom. The molecular formula is C17H23N3O. The van der Waals surface area contributed by atoms with E-state index < -0.39 is 0 Å². The molecule has 0 aliphatic rings. The number of hydrogen-bond donors (Lipinski definition) is 1. The van der Waals surface area contributed by atoms with E-state index in [1.54, 1.807) is 12.4 Å². The molecule has 1 atom stereocenters. The minimum atomic E-state index is 0.0684. The summed E-state index contributed by atoms with van der Waals surface area (Å²) in [7, 11) is 0. The molecular weight excluding hydrogens is 262 g/mol. The van der Waals surface area contributed by atoms with Crippen molar-refractivity contribution in [1.82, 2.24) is 15.3 Å². The summed E-state index contributed by atoms with van der Waals surface area (Å²) in [6, 6.07) is 8.28. The van der Waals surface area contributed by atoms with Crippen molar-refractivity contribution in [2.45, 2.75) is 32.7 Å². The van der Waals surface area contributed by atoms with Crippen LogP contribution < -0.4 is 10.1 Å². The van der Waals surface area contributed by atoms with Crippen LogP contribution in [0.4, 0.5) is 0 Å². The number of benzene rings is 1. The summed E-state index contributed by atoms with van der Waals surface area (Å²) in [6.45, 7) is 5.95. The van der Waals surface area contributed by atoms with E-state index in [2.05, 4.69) is 41.3 Å². The summed E-state index contributed by atoms with van der Waals surface area (Å²) in [5, 5.41) is 3.52. The van der Waals surface area contributed by atoms with Gasteiger partial charge in [-0.25, -0.2) is 0 Å². The van der Waals surface area contributed by atoms with Crippen LogP contribution >= 0.6 is 0 Å². The molecule has 2 rings (SSSR count). The molecule has 0 fully saturated rings. The third kappa shape index (κ3) is 4.53. The Kier molecular flexibility index (Phi) is 6.16. The second kappa shape index (κ2) is 8.37. The van der Waals surface area contributed by atoms with E-state index >= 15 is 0 Å². The molecule has 0 spiro atoms. The predicted molar refractivity (Wildman–Crippen MR) is 84.4 cm³/mol. The maximum atomic E-state index is 5.63. The largest absolute Gasteiger partial charge is 0.494 e. The van der Waals surface area contributed by atoms with Gasteiger partial charge in [-0.2, -0.15) is 0 Å². The lowest BCUT2D eigenvalue weighted by molar-refractivity contribution is 0.317. The van der Waals surface area contributed by atoms with Gasteiger partial charge in [0.2, 0.25) is 0 Å². The fourth-order valence-electron chi connectivity index (χ4n) is 2.12. The first-order valence-electron chi connectivity index (χ1n) is 7.57. The maximum absolute atomic E-state index is 5.63. The molecule has 1 N–H and O–H groups in total. The summed E-state index contributed by atoms with van der Waals surface area (Å²) in [4.78, 5) is 8.59. The van der Waals surface area contributed by atoms with Crippen molar-refractivity contribution in [2.75, 3.05) is 13.2 Å². The first-order chi connectivity index (χ1) is 10.3. The van der Waals surface area contributed by atoms with Gasteiger partial charge in [-0.05, 0) is 37.1 Å². The topological polar surface area (TPSA) is 47.0 Å². The molecule has 1 heterocycles. The molecule has 1 unspecified atom stereocenters. The fourth-order valence-corrected chi connectivity index (χ4v) is 2.12. The van der Waals surface area contributed by atoms with Gasteiger partial charge < -0.3 is 10.1 Å². The van der Waals surface area contributed by atoms with Gasteiger partial charge in [0.1, 0.15) is 5.75 Å².